The Balaban J connectivity index is 2.08. The topological polar surface area (TPSA) is 30.7 Å². The molecule has 3 rings (SSSR count). The monoisotopic (exact) mass is 263 g/mol. The molecule has 17 heavy (non-hydrogen) atoms. The van der Waals surface area contributed by atoms with Crippen molar-refractivity contribution in [1.82, 2.24) is 14.5 Å². The molecule has 3 aromatic rings. The number of benzene rings is 1. The van der Waals surface area contributed by atoms with Crippen LogP contribution in [0.1, 0.15) is 10.7 Å². The van der Waals surface area contributed by atoms with E-state index in [-0.39, 0.29) is 0 Å². The van der Waals surface area contributed by atoms with Crippen molar-refractivity contribution in [1.29, 1.82) is 0 Å². The van der Waals surface area contributed by atoms with E-state index in [4.69, 9.17) is 11.6 Å². The highest BCUT2D eigenvalue weighted by Crippen LogP contribution is 2.21. The highest BCUT2D eigenvalue weighted by molar-refractivity contribution is 7.09. The lowest BCUT2D eigenvalue weighted by molar-refractivity contribution is 0.802. The van der Waals surface area contributed by atoms with Gasteiger partial charge < -0.3 is 4.57 Å². The summed E-state index contributed by atoms with van der Waals surface area (Å²) in [4.78, 5) is 8.76. The van der Waals surface area contributed by atoms with Crippen LogP contribution in [-0.2, 0) is 6.54 Å². The maximum atomic E-state index is 6.15. The van der Waals surface area contributed by atoms with Crippen LogP contribution in [0.25, 0.3) is 11.0 Å². The first-order valence-electron chi connectivity index (χ1n) is 5.26. The quantitative estimate of drug-likeness (QED) is 0.708. The molecule has 0 atom stereocenters. The Kier molecular flexibility index (Phi) is 2.61. The van der Waals surface area contributed by atoms with Gasteiger partial charge in [0, 0.05) is 5.38 Å². The molecule has 0 spiro atoms. The molecule has 0 aliphatic carbocycles. The molecule has 0 N–H and O–H groups in total. The van der Waals surface area contributed by atoms with Crippen LogP contribution in [0, 0.1) is 6.92 Å². The summed E-state index contributed by atoms with van der Waals surface area (Å²) in [6.07, 6.45) is 0. The van der Waals surface area contributed by atoms with E-state index in [9.17, 15) is 0 Å². The Morgan fingerprint density at radius 1 is 1.29 bits per heavy atom. The van der Waals surface area contributed by atoms with Gasteiger partial charge in [-0.05, 0) is 30.7 Å². The number of rotatable bonds is 2. The molecule has 2 aromatic heterocycles. The zero-order valence-electron chi connectivity index (χ0n) is 9.22. The van der Waals surface area contributed by atoms with E-state index in [1.165, 1.54) is 0 Å². The molecule has 0 saturated carbocycles. The van der Waals surface area contributed by atoms with E-state index >= 15 is 0 Å². The first kappa shape index (κ1) is 10.7. The number of hydrogen-bond acceptors (Lipinski definition) is 3. The van der Waals surface area contributed by atoms with E-state index in [0.717, 1.165) is 21.7 Å². The Hall–Kier alpha value is -1.39. The number of thiazole rings is 1. The lowest BCUT2D eigenvalue weighted by atomic mass is 10.3. The number of fused-ring (bicyclic) bond motifs is 1. The molecule has 0 saturated heterocycles. The van der Waals surface area contributed by atoms with Crippen LogP contribution in [0.5, 0.6) is 0 Å². The molecule has 0 radical (unpaired) electrons. The smallest absolute Gasteiger partial charge is 0.204 e. The van der Waals surface area contributed by atoms with E-state index in [2.05, 4.69) is 15.3 Å². The average Bonchev–Trinajstić information content (AvgIpc) is 2.85. The fourth-order valence-electron chi connectivity index (χ4n) is 1.84. The van der Waals surface area contributed by atoms with Gasteiger partial charge >= 0.3 is 0 Å². The minimum atomic E-state index is 0.511. The van der Waals surface area contributed by atoms with Gasteiger partial charge in [0.15, 0.2) is 0 Å². The number of aromatic nitrogens is 3. The fourth-order valence-corrected chi connectivity index (χ4v) is 2.69. The molecule has 86 valence electrons. The number of hydrogen-bond donors (Lipinski definition) is 0. The van der Waals surface area contributed by atoms with Crippen LogP contribution in [-0.4, -0.2) is 14.5 Å². The van der Waals surface area contributed by atoms with Crippen molar-refractivity contribution >= 4 is 34.0 Å². The van der Waals surface area contributed by atoms with Gasteiger partial charge in [0.05, 0.1) is 28.3 Å². The fraction of sp³-hybridized carbons (Fsp3) is 0.167. The second-order valence-electron chi connectivity index (χ2n) is 3.81. The third-order valence-corrected chi connectivity index (χ3v) is 3.71. The maximum absolute atomic E-state index is 6.15. The zero-order chi connectivity index (χ0) is 11.8. The summed E-state index contributed by atoms with van der Waals surface area (Å²) in [7, 11) is 0. The van der Waals surface area contributed by atoms with Crippen LogP contribution >= 0.6 is 22.9 Å². The average molecular weight is 264 g/mol. The largest absolute Gasteiger partial charge is 0.309 e. The van der Waals surface area contributed by atoms with Crippen LogP contribution in [0.4, 0.5) is 0 Å². The van der Waals surface area contributed by atoms with Gasteiger partial charge in [-0.2, -0.15) is 0 Å². The summed E-state index contributed by atoms with van der Waals surface area (Å²) in [6.45, 7) is 2.67. The van der Waals surface area contributed by atoms with E-state index in [1.807, 2.05) is 35.8 Å². The van der Waals surface area contributed by atoms with Crippen LogP contribution in [0.3, 0.4) is 0 Å². The predicted molar refractivity (Wildman–Crippen MR) is 70.7 cm³/mol. The molecule has 0 unspecified atom stereocenters. The molecule has 0 amide bonds. The molecular weight excluding hydrogens is 254 g/mol. The normalized spacial score (nSPS) is 11.2. The number of aryl methyl sites for hydroxylation is 1. The van der Waals surface area contributed by atoms with Gasteiger partial charge in [0.1, 0.15) is 0 Å². The first-order valence-corrected chi connectivity index (χ1v) is 6.51. The zero-order valence-corrected chi connectivity index (χ0v) is 10.8. The molecule has 0 aliphatic rings. The van der Waals surface area contributed by atoms with Crippen LogP contribution in [0.15, 0.2) is 29.6 Å². The summed E-state index contributed by atoms with van der Waals surface area (Å²) in [6, 6.07) is 7.93. The first-order chi connectivity index (χ1) is 8.24. The Bertz CT molecular complexity index is 671. The van der Waals surface area contributed by atoms with Crippen molar-refractivity contribution in [3.8, 4) is 0 Å². The van der Waals surface area contributed by atoms with Gasteiger partial charge in [0.2, 0.25) is 5.28 Å². The van der Waals surface area contributed by atoms with Crippen LogP contribution < -0.4 is 0 Å². The lowest BCUT2D eigenvalue weighted by Crippen LogP contribution is -1.99. The Morgan fingerprint density at radius 3 is 2.88 bits per heavy atom. The van der Waals surface area contributed by atoms with Crippen molar-refractivity contribution in [2.45, 2.75) is 13.5 Å². The van der Waals surface area contributed by atoms with Gasteiger partial charge in [-0.1, -0.05) is 12.1 Å². The second kappa shape index (κ2) is 4.13. The van der Waals surface area contributed by atoms with Crippen molar-refractivity contribution < 1.29 is 0 Å². The summed E-state index contributed by atoms with van der Waals surface area (Å²) < 4.78 is 1.98. The molecule has 0 bridgehead atoms. The van der Waals surface area contributed by atoms with Crippen molar-refractivity contribution in [3.63, 3.8) is 0 Å². The van der Waals surface area contributed by atoms with E-state index in [1.54, 1.807) is 11.3 Å². The Labute approximate surface area is 108 Å². The number of halogens is 1. The molecule has 5 heteroatoms. The minimum absolute atomic E-state index is 0.511. The van der Waals surface area contributed by atoms with Crippen LogP contribution in [0.2, 0.25) is 5.28 Å². The summed E-state index contributed by atoms with van der Waals surface area (Å²) in [5.74, 6) is 0. The van der Waals surface area contributed by atoms with E-state index < -0.39 is 0 Å². The van der Waals surface area contributed by atoms with Gasteiger partial charge in [-0.25, -0.2) is 9.97 Å². The van der Waals surface area contributed by atoms with Gasteiger partial charge in [-0.15, -0.1) is 11.3 Å². The maximum Gasteiger partial charge on any atom is 0.204 e. The summed E-state index contributed by atoms with van der Waals surface area (Å²) in [5.41, 5.74) is 2.99. The third kappa shape index (κ3) is 1.94. The highest BCUT2D eigenvalue weighted by Gasteiger charge is 2.09. The van der Waals surface area contributed by atoms with Crippen molar-refractivity contribution in [2.24, 2.45) is 0 Å². The highest BCUT2D eigenvalue weighted by atomic mass is 35.5. The number of imidazole rings is 1. The molecule has 3 nitrogen and oxygen atoms in total. The van der Waals surface area contributed by atoms with E-state index in [0.29, 0.717) is 11.8 Å². The molecule has 0 aliphatic heterocycles. The lowest BCUT2D eigenvalue weighted by Gasteiger charge is -2.02. The standard InChI is InChI=1S/C12H10ClN3S/c1-8-14-9(7-17-8)6-16-11-5-3-2-4-10(11)15-12(16)13/h2-5,7H,6H2,1H3. The van der Waals surface area contributed by atoms with Crippen molar-refractivity contribution in [3.05, 3.63) is 45.6 Å². The molecule has 2 heterocycles. The number of nitrogens with zero attached hydrogens (tertiary/aromatic N) is 3. The number of para-hydroxylation sites is 2. The summed E-state index contributed by atoms with van der Waals surface area (Å²) in [5, 5.41) is 3.64. The van der Waals surface area contributed by atoms with Gasteiger partial charge in [-0.3, -0.25) is 0 Å². The third-order valence-electron chi connectivity index (χ3n) is 2.59. The van der Waals surface area contributed by atoms with Crippen molar-refractivity contribution in [2.75, 3.05) is 0 Å². The molecule has 0 fully saturated rings. The minimum Gasteiger partial charge on any atom is -0.309 e. The SMILES string of the molecule is Cc1nc(Cn2c(Cl)nc3ccccc32)cs1. The second-order valence-corrected chi connectivity index (χ2v) is 5.21. The Morgan fingerprint density at radius 2 is 2.12 bits per heavy atom. The van der Waals surface area contributed by atoms with Gasteiger partial charge in [0.25, 0.3) is 0 Å². The predicted octanol–water partition coefficient (Wildman–Crippen LogP) is 3.50. The molecule has 1 aromatic carbocycles. The summed E-state index contributed by atoms with van der Waals surface area (Å²) >= 11 is 7.80. The molecular formula is C12H10ClN3S.